The maximum atomic E-state index is 13.0. The van der Waals surface area contributed by atoms with Crippen molar-refractivity contribution in [3.63, 3.8) is 0 Å². The lowest BCUT2D eigenvalue weighted by atomic mass is 9.77. The number of hydrogen-bond donors (Lipinski definition) is 3. The lowest BCUT2D eigenvalue weighted by Gasteiger charge is -2.36. The molecule has 0 aliphatic carbocycles. The normalized spacial score (nSPS) is 14.2. The van der Waals surface area contributed by atoms with E-state index in [0.717, 1.165) is 0 Å². The van der Waals surface area contributed by atoms with Gasteiger partial charge in [0.2, 0.25) is 16.5 Å². The van der Waals surface area contributed by atoms with Crippen LogP contribution >= 0.6 is 35.6 Å². The van der Waals surface area contributed by atoms with Gasteiger partial charge in [-0.25, -0.2) is 4.79 Å². The number of halogens is 3. The molecule has 0 saturated carbocycles. The summed E-state index contributed by atoms with van der Waals surface area (Å²) in [5, 5.41) is 22.9. The van der Waals surface area contributed by atoms with Crippen molar-refractivity contribution in [1.82, 2.24) is 15.0 Å². The monoisotopic (exact) mass is 530 g/mol. The highest BCUT2D eigenvalue weighted by atomic mass is 35.5. The van der Waals surface area contributed by atoms with E-state index in [4.69, 9.17) is 32.7 Å². The summed E-state index contributed by atoms with van der Waals surface area (Å²) in [6, 6.07) is 14.1. The maximum absolute atomic E-state index is 13.0. The molecule has 0 amide bonds. The molecule has 4 aromatic rings. The number of anilines is 2. The number of hydrogen-bond acceptors (Lipinski definition) is 9. The Kier molecular flexibility index (Phi) is 5.36. The third-order valence-corrected chi connectivity index (χ3v) is 5.95. The summed E-state index contributed by atoms with van der Waals surface area (Å²) in [6.07, 6.45) is 0. The SMILES string of the molecule is Cl.O=C1OC2(c3ccc(O)cc3Oc3cc(O)ccc32)c2cc(Nc3nc(Cl)nc(Cl)n3)ccc21. The number of phenols is 2. The standard InChI is InChI=1S/C23H12Cl2N4O5.ClH/c24-20-27-21(25)29-22(28-20)26-10-1-4-13-16(7-10)23(34-19(13)32)14-5-2-11(30)8-17(14)33-18-9-12(31)3-6-15(18)23;/h1-9,30-31H,(H,26,27,28,29);1H. The molecule has 0 unspecified atom stereocenters. The number of carbonyl (C=O) groups is 1. The van der Waals surface area contributed by atoms with Gasteiger partial charge in [0.05, 0.1) is 5.56 Å². The first-order valence-electron chi connectivity index (χ1n) is 9.90. The minimum atomic E-state index is -1.39. The number of aromatic hydroxyl groups is 2. The lowest BCUT2D eigenvalue weighted by molar-refractivity contribution is 0.0224. The summed E-state index contributed by atoms with van der Waals surface area (Å²) in [7, 11) is 0. The predicted octanol–water partition coefficient (Wildman–Crippen LogP) is 5.32. The zero-order valence-electron chi connectivity index (χ0n) is 17.3. The van der Waals surface area contributed by atoms with Crippen LogP contribution in [0, 0.1) is 0 Å². The molecule has 0 atom stereocenters. The van der Waals surface area contributed by atoms with Crippen LogP contribution in [0.5, 0.6) is 23.0 Å². The zero-order chi connectivity index (χ0) is 23.6. The predicted molar refractivity (Wildman–Crippen MR) is 128 cm³/mol. The van der Waals surface area contributed by atoms with E-state index in [1.807, 2.05) is 0 Å². The fourth-order valence-electron chi connectivity index (χ4n) is 4.29. The van der Waals surface area contributed by atoms with Crippen molar-refractivity contribution in [2.75, 3.05) is 5.32 Å². The van der Waals surface area contributed by atoms with Crippen LogP contribution in [0.2, 0.25) is 10.6 Å². The minimum absolute atomic E-state index is 0. The second-order valence-corrected chi connectivity index (χ2v) is 8.29. The van der Waals surface area contributed by atoms with E-state index in [0.29, 0.717) is 27.9 Å². The Hall–Kier alpha value is -3.79. The molecule has 2 aliphatic rings. The zero-order valence-corrected chi connectivity index (χ0v) is 19.6. The number of ether oxygens (including phenoxy) is 2. The number of benzene rings is 3. The number of nitrogens with one attached hydrogen (secondary N) is 1. The van der Waals surface area contributed by atoms with Gasteiger partial charge in [-0.3, -0.25) is 0 Å². The third-order valence-electron chi connectivity index (χ3n) is 5.61. The number of carbonyl (C=O) groups excluding carboxylic acids is 1. The van der Waals surface area contributed by atoms with E-state index in [9.17, 15) is 15.0 Å². The molecule has 0 fully saturated rings. The molecule has 9 nitrogen and oxygen atoms in total. The number of fused-ring (bicyclic) bond motifs is 6. The highest BCUT2D eigenvalue weighted by Crippen LogP contribution is 2.57. The number of aromatic nitrogens is 3. The quantitative estimate of drug-likeness (QED) is 0.294. The lowest BCUT2D eigenvalue weighted by Crippen LogP contribution is -2.33. The Labute approximate surface area is 213 Å². The molecule has 1 spiro atoms. The highest BCUT2D eigenvalue weighted by molar-refractivity contribution is 6.31. The van der Waals surface area contributed by atoms with Crippen molar-refractivity contribution in [3.8, 4) is 23.0 Å². The van der Waals surface area contributed by atoms with E-state index in [1.54, 1.807) is 30.3 Å². The van der Waals surface area contributed by atoms with Crippen LogP contribution in [0.15, 0.2) is 54.6 Å². The summed E-state index contributed by atoms with van der Waals surface area (Å²) in [5.74, 6) is 0.100. The van der Waals surface area contributed by atoms with Crippen LogP contribution in [-0.2, 0) is 10.3 Å². The smallest absolute Gasteiger partial charge is 0.340 e. The molecule has 35 heavy (non-hydrogen) atoms. The molecule has 3 N–H and O–H groups in total. The van der Waals surface area contributed by atoms with Gasteiger partial charge in [-0.1, -0.05) is 0 Å². The van der Waals surface area contributed by atoms with Crippen molar-refractivity contribution < 1.29 is 24.5 Å². The molecular weight excluding hydrogens is 519 g/mol. The molecule has 6 rings (SSSR count). The molecule has 0 saturated heterocycles. The Morgan fingerprint density at radius 3 is 2.00 bits per heavy atom. The van der Waals surface area contributed by atoms with E-state index in [2.05, 4.69) is 20.3 Å². The van der Waals surface area contributed by atoms with Crippen LogP contribution in [0.25, 0.3) is 0 Å². The van der Waals surface area contributed by atoms with Crippen molar-refractivity contribution >= 4 is 53.2 Å². The summed E-state index contributed by atoms with van der Waals surface area (Å²) < 4.78 is 12.0. The molecule has 0 radical (unpaired) electrons. The van der Waals surface area contributed by atoms with E-state index in [-0.39, 0.29) is 51.9 Å². The second kappa shape index (κ2) is 8.16. The fourth-order valence-corrected chi connectivity index (χ4v) is 4.65. The molecule has 176 valence electrons. The third kappa shape index (κ3) is 3.56. The Morgan fingerprint density at radius 1 is 0.800 bits per heavy atom. The molecule has 2 aliphatic heterocycles. The number of esters is 1. The van der Waals surface area contributed by atoms with Gasteiger partial charge in [0.15, 0.2) is 5.60 Å². The largest absolute Gasteiger partial charge is 0.508 e. The number of rotatable bonds is 2. The molecular formula is C23H13Cl3N4O5. The molecule has 12 heteroatoms. The first-order valence-corrected chi connectivity index (χ1v) is 10.7. The van der Waals surface area contributed by atoms with Crippen LogP contribution in [0.3, 0.4) is 0 Å². The minimum Gasteiger partial charge on any atom is -0.508 e. The second-order valence-electron chi connectivity index (χ2n) is 7.62. The van der Waals surface area contributed by atoms with Crippen LogP contribution in [0.1, 0.15) is 27.0 Å². The maximum Gasteiger partial charge on any atom is 0.340 e. The summed E-state index contributed by atoms with van der Waals surface area (Å²) in [6.45, 7) is 0. The number of nitrogens with zero attached hydrogens (tertiary/aromatic N) is 3. The average molecular weight is 532 g/mol. The van der Waals surface area contributed by atoms with Crippen LogP contribution in [-0.4, -0.2) is 31.1 Å². The Balaban J connectivity index is 0.00000253. The molecule has 0 bridgehead atoms. The van der Waals surface area contributed by atoms with Crippen molar-refractivity contribution in [3.05, 3.63) is 87.4 Å². The first-order chi connectivity index (χ1) is 16.3. The van der Waals surface area contributed by atoms with Crippen LogP contribution in [0.4, 0.5) is 11.6 Å². The van der Waals surface area contributed by atoms with Gasteiger partial charge in [-0.2, -0.15) is 15.0 Å². The van der Waals surface area contributed by atoms with Crippen molar-refractivity contribution in [2.45, 2.75) is 5.60 Å². The van der Waals surface area contributed by atoms with Gasteiger partial charge in [-0.15, -0.1) is 12.4 Å². The van der Waals surface area contributed by atoms with E-state index < -0.39 is 11.6 Å². The highest BCUT2D eigenvalue weighted by Gasteiger charge is 2.53. The molecule has 1 aromatic heterocycles. The van der Waals surface area contributed by atoms with Gasteiger partial charge >= 0.3 is 5.97 Å². The first kappa shape index (κ1) is 23.0. The Morgan fingerprint density at radius 2 is 1.40 bits per heavy atom. The average Bonchev–Trinajstić information content (AvgIpc) is 3.05. The summed E-state index contributed by atoms with van der Waals surface area (Å²) >= 11 is 11.8. The Bertz CT molecular complexity index is 1460. The van der Waals surface area contributed by atoms with Gasteiger partial charge in [-0.05, 0) is 65.7 Å². The van der Waals surface area contributed by atoms with Crippen molar-refractivity contribution in [2.24, 2.45) is 0 Å². The van der Waals surface area contributed by atoms with Crippen molar-refractivity contribution in [1.29, 1.82) is 0 Å². The summed E-state index contributed by atoms with van der Waals surface area (Å²) in [5.41, 5.74) is 1.04. The topological polar surface area (TPSA) is 127 Å². The van der Waals surface area contributed by atoms with Gasteiger partial charge in [0.1, 0.15) is 23.0 Å². The van der Waals surface area contributed by atoms with E-state index >= 15 is 0 Å². The fraction of sp³-hybridized carbons (Fsp3) is 0.0435. The van der Waals surface area contributed by atoms with Gasteiger partial charge in [0, 0.05) is 34.5 Å². The molecule has 3 aromatic carbocycles. The van der Waals surface area contributed by atoms with E-state index in [1.165, 1.54) is 24.3 Å². The van der Waals surface area contributed by atoms with Crippen LogP contribution < -0.4 is 10.1 Å². The van der Waals surface area contributed by atoms with Gasteiger partial charge in [0.25, 0.3) is 0 Å². The van der Waals surface area contributed by atoms with Gasteiger partial charge < -0.3 is 25.0 Å². The summed E-state index contributed by atoms with van der Waals surface area (Å²) in [4.78, 5) is 24.7. The molecule has 3 heterocycles. The number of phenolic OH excluding ortho intramolecular Hbond substituents is 2.